The van der Waals surface area contributed by atoms with Gasteiger partial charge in [-0.25, -0.2) is 0 Å². The second-order valence-corrected chi connectivity index (χ2v) is 5.76. The van der Waals surface area contributed by atoms with Crippen LogP contribution in [-0.4, -0.2) is 35.4 Å². The van der Waals surface area contributed by atoms with Gasteiger partial charge in [-0.1, -0.05) is 32.9 Å². The van der Waals surface area contributed by atoms with Crippen LogP contribution in [0.3, 0.4) is 0 Å². The van der Waals surface area contributed by atoms with Crippen molar-refractivity contribution < 1.29 is 9.72 Å². The van der Waals surface area contributed by atoms with E-state index >= 15 is 0 Å². The highest BCUT2D eigenvalue weighted by Crippen LogP contribution is 2.14. The van der Waals surface area contributed by atoms with E-state index in [0.717, 1.165) is 12.0 Å². The van der Waals surface area contributed by atoms with Crippen molar-refractivity contribution in [3.63, 3.8) is 0 Å². The Morgan fingerprint density at radius 3 is 2.73 bits per heavy atom. The average Bonchev–Trinajstić information content (AvgIpc) is 2.46. The maximum atomic E-state index is 11.9. The van der Waals surface area contributed by atoms with E-state index in [1.807, 2.05) is 17.9 Å². The van der Waals surface area contributed by atoms with Crippen molar-refractivity contribution in [2.24, 2.45) is 5.92 Å². The first kappa shape index (κ1) is 18.1. The Morgan fingerprint density at radius 2 is 2.14 bits per heavy atom. The molecule has 0 unspecified atom stereocenters. The molecule has 0 atom stereocenters. The fourth-order valence-corrected chi connectivity index (χ4v) is 2.07. The van der Waals surface area contributed by atoms with Crippen LogP contribution in [0, 0.1) is 16.0 Å². The van der Waals surface area contributed by atoms with Gasteiger partial charge in [0.2, 0.25) is 5.91 Å². The molecule has 0 spiro atoms. The van der Waals surface area contributed by atoms with Gasteiger partial charge in [0.1, 0.15) is 0 Å². The number of nitrogens with one attached hydrogen (secondary N) is 1. The van der Waals surface area contributed by atoms with Crippen molar-refractivity contribution in [1.29, 1.82) is 0 Å². The van der Waals surface area contributed by atoms with Gasteiger partial charge in [-0.3, -0.25) is 19.8 Å². The molecule has 1 rings (SSSR count). The molecule has 0 heterocycles. The molecule has 0 fully saturated rings. The molecule has 1 N–H and O–H groups in total. The molecule has 6 nitrogen and oxygen atoms in total. The summed E-state index contributed by atoms with van der Waals surface area (Å²) in [5, 5.41) is 13.7. The summed E-state index contributed by atoms with van der Waals surface area (Å²) in [7, 11) is 0. The largest absolute Gasteiger partial charge is 0.355 e. The zero-order valence-corrected chi connectivity index (χ0v) is 13.5. The summed E-state index contributed by atoms with van der Waals surface area (Å²) in [6, 6.07) is 6.54. The van der Waals surface area contributed by atoms with Crippen LogP contribution in [0.25, 0.3) is 0 Å². The number of carbonyl (C=O) groups excluding carboxylic acids is 1. The van der Waals surface area contributed by atoms with E-state index < -0.39 is 4.92 Å². The predicted octanol–water partition coefficient (Wildman–Crippen LogP) is 2.58. The van der Waals surface area contributed by atoms with Gasteiger partial charge in [-0.15, -0.1) is 0 Å². The lowest BCUT2D eigenvalue weighted by atomic mass is 10.1. The number of amides is 1. The van der Waals surface area contributed by atoms with Gasteiger partial charge in [-0.05, 0) is 24.4 Å². The molecule has 0 radical (unpaired) electrons. The number of likely N-dealkylation sites (N-methyl/N-ethyl adjacent to an activating group) is 1. The van der Waals surface area contributed by atoms with Crippen molar-refractivity contribution in [3.8, 4) is 0 Å². The molecular weight excluding hydrogens is 282 g/mol. The summed E-state index contributed by atoms with van der Waals surface area (Å²) in [6.07, 6.45) is 0.961. The average molecular weight is 307 g/mol. The molecule has 1 aromatic rings. The maximum Gasteiger partial charge on any atom is 0.269 e. The van der Waals surface area contributed by atoms with Gasteiger partial charge in [-0.2, -0.15) is 0 Å². The molecule has 122 valence electrons. The number of nitro groups is 1. The van der Waals surface area contributed by atoms with E-state index in [1.165, 1.54) is 6.07 Å². The van der Waals surface area contributed by atoms with Crippen molar-refractivity contribution in [3.05, 3.63) is 39.9 Å². The van der Waals surface area contributed by atoms with Gasteiger partial charge in [0, 0.05) is 25.2 Å². The highest BCUT2D eigenvalue weighted by atomic mass is 16.6. The highest BCUT2D eigenvalue weighted by molar-refractivity contribution is 5.77. The van der Waals surface area contributed by atoms with E-state index in [4.69, 9.17) is 0 Å². The Labute approximate surface area is 131 Å². The van der Waals surface area contributed by atoms with Gasteiger partial charge in [0.05, 0.1) is 11.5 Å². The maximum absolute atomic E-state index is 11.9. The first-order valence-electron chi connectivity index (χ1n) is 7.64. The standard InChI is InChI=1S/C16H25N3O3/c1-4-18(12-16(20)17-9-8-13(2)3)11-14-6-5-7-15(10-14)19(21)22/h5-7,10,13H,4,8-9,11-12H2,1-3H3,(H,17,20). The second kappa shape index (κ2) is 9.15. The molecule has 0 aliphatic carbocycles. The molecule has 0 bridgehead atoms. The van der Waals surface area contributed by atoms with Crippen molar-refractivity contribution >= 4 is 11.6 Å². The van der Waals surface area contributed by atoms with Crippen molar-refractivity contribution in [1.82, 2.24) is 10.2 Å². The summed E-state index contributed by atoms with van der Waals surface area (Å²) in [5.74, 6) is 0.556. The molecule has 6 heteroatoms. The third kappa shape index (κ3) is 6.67. The minimum atomic E-state index is -0.404. The number of hydrogen-bond donors (Lipinski definition) is 1. The summed E-state index contributed by atoms with van der Waals surface area (Å²) >= 11 is 0. The predicted molar refractivity (Wildman–Crippen MR) is 86.5 cm³/mol. The van der Waals surface area contributed by atoms with Crippen LogP contribution >= 0.6 is 0 Å². The number of benzene rings is 1. The second-order valence-electron chi connectivity index (χ2n) is 5.76. The topological polar surface area (TPSA) is 75.5 Å². The van der Waals surface area contributed by atoms with Crippen LogP contribution in [0.4, 0.5) is 5.69 Å². The normalized spacial score (nSPS) is 11.0. The smallest absolute Gasteiger partial charge is 0.269 e. The molecule has 0 aromatic heterocycles. The van der Waals surface area contributed by atoms with Crippen LogP contribution in [0.1, 0.15) is 32.8 Å². The van der Waals surface area contributed by atoms with Crippen LogP contribution in [-0.2, 0) is 11.3 Å². The summed E-state index contributed by atoms with van der Waals surface area (Å²) < 4.78 is 0. The van der Waals surface area contributed by atoms with E-state index in [2.05, 4.69) is 19.2 Å². The van der Waals surface area contributed by atoms with E-state index in [-0.39, 0.29) is 11.6 Å². The lowest BCUT2D eigenvalue weighted by molar-refractivity contribution is -0.384. The molecule has 0 aliphatic heterocycles. The number of hydrogen-bond acceptors (Lipinski definition) is 4. The van der Waals surface area contributed by atoms with Crippen LogP contribution in [0.2, 0.25) is 0 Å². The first-order valence-corrected chi connectivity index (χ1v) is 7.64. The van der Waals surface area contributed by atoms with Crippen LogP contribution in [0.5, 0.6) is 0 Å². The van der Waals surface area contributed by atoms with Gasteiger partial charge >= 0.3 is 0 Å². The monoisotopic (exact) mass is 307 g/mol. The molecule has 1 amide bonds. The molecule has 0 aliphatic rings. The Hall–Kier alpha value is -1.95. The number of nitrogens with zero attached hydrogens (tertiary/aromatic N) is 2. The van der Waals surface area contributed by atoms with E-state index in [9.17, 15) is 14.9 Å². The molecule has 22 heavy (non-hydrogen) atoms. The van der Waals surface area contributed by atoms with E-state index in [0.29, 0.717) is 32.1 Å². The Balaban J connectivity index is 2.52. The Morgan fingerprint density at radius 1 is 1.41 bits per heavy atom. The number of rotatable bonds is 9. The fourth-order valence-electron chi connectivity index (χ4n) is 2.07. The van der Waals surface area contributed by atoms with Gasteiger partial charge < -0.3 is 5.32 Å². The quantitative estimate of drug-likeness (QED) is 0.562. The van der Waals surface area contributed by atoms with Gasteiger partial charge in [0.15, 0.2) is 0 Å². The van der Waals surface area contributed by atoms with Gasteiger partial charge in [0.25, 0.3) is 5.69 Å². The SMILES string of the molecule is CCN(CC(=O)NCCC(C)C)Cc1cccc([N+](=O)[O-])c1. The van der Waals surface area contributed by atoms with Crippen LogP contribution < -0.4 is 5.32 Å². The molecular formula is C16H25N3O3. The lowest BCUT2D eigenvalue weighted by Crippen LogP contribution is -2.37. The number of nitro benzene ring substituents is 1. The first-order chi connectivity index (χ1) is 10.4. The highest BCUT2D eigenvalue weighted by Gasteiger charge is 2.12. The number of carbonyl (C=O) groups is 1. The molecule has 0 saturated heterocycles. The summed E-state index contributed by atoms with van der Waals surface area (Å²) in [6.45, 7) is 8.43. The molecule has 1 aromatic carbocycles. The summed E-state index contributed by atoms with van der Waals surface area (Å²) in [4.78, 5) is 24.2. The minimum absolute atomic E-state index is 0.00655. The van der Waals surface area contributed by atoms with Crippen molar-refractivity contribution in [2.45, 2.75) is 33.7 Å². The van der Waals surface area contributed by atoms with Crippen molar-refractivity contribution in [2.75, 3.05) is 19.6 Å². The van der Waals surface area contributed by atoms with Crippen LogP contribution in [0.15, 0.2) is 24.3 Å². The summed E-state index contributed by atoms with van der Waals surface area (Å²) in [5.41, 5.74) is 0.918. The fraction of sp³-hybridized carbons (Fsp3) is 0.562. The lowest BCUT2D eigenvalue weighted by Gasteiger charge is -2.20. The number of non-ortho nitro benzene ring substituents is 1. The third-order valence-corrected chi connectivity index (χ3v) is 3.39. The Kier molecular flexibility index (Phi) is 7.52. The Bertz CT molecular complexity index is 503. The third-order valence-electron chi connectivity index (χ3n) is 3.39. The zero-order valence-electron chi connectivity index (χ0n) is 13.5. The van der Waals surface area contributed by atoms with E-state index in [1.54, 1.807) is 12.1 Å². The minimum Gasteiger partial charge on any atom is -0.355 e. The molecule has 0 saturated carbocycles. The zero-order chi connectivity index (χ0) is 16.5.